The molecular formula is C14H19N3. The fourth-order valence-corrected chi connectivity index (χ4v) is 2.36. The van der Waals surface area contributed by atoms with Gasteiger partial charge in [-0.05, 0) is 24.8 Å². The van der Waals surface area contributed by atoms with Gasteiger partial charge < -0.3 is 10.6 Å². The molecule has 1 aliphatic carbocycles. The summed E-state index contributed by atoms with van der Waals surface area (Å²) in [6, 6.07) is 8.72. The highest BCUT2D eigenvalue weighted by atomic mass is 15.2. The summed E-state index contributed by atoms with van der Waals surface area (Å²) in [7, 11) is 2.10. The van der Waals surface area contributed by atoms with Crippen molar-refractivity contribution in [1.82, 2.24) is 4.90 Å². The molecule has 2 aliphatic rings. The van der Waals surface area contributed by atoms with Gasteiger partial charge in [-0.15, -0.1) is 0 Å². The number of nitrogens with two attached hydrogens (primary N) is 1. The van der Waals surface area contributed by atoms with Gasteiger partial charge in [-0.25, -0.2) is 0 Å². The first kappa shape index (κ1) is 10.8. The molecule has 17 heavy (non-hydrogen) atoms. The van der Waals surface area contributed by atoms with Crippen molar-refractivity contribution < 1.29 is 0 Å². The molecule has 1 aliphatic heterocycles. The summed E-state index contributed by atoms with van der Waals surface area (Å²) in [5.41, 5.74) is 8.79. The maximum Gasteiger partial charge on any atom is 0.130 e. The molecule has 0 aromatic heterocycles. The fourth-order valence-electron chi connectivity index (χ4n) is 2.36. The van der Waals surface area contributed by atoms with Crippen molar-refractivity contribution in [3.05, 3.63) is 35.4 Å². The van der Waals surface area contributed by atoms with Crippen LogP contribution in [0.1, 0.15) is 24.0 Å². The van der Waals surface area contributed by atoms with E-state index in [9.17, 15) is 0 Å². The minimum Gasteiger partial charge on any atom is -0.358 e. The summed E-state index contributed by atoms with van der Waals surface area (Å²) in [5.74, 6) is 1.12. The average molecular weight is 229 g/mol. The maximum absolute atomic E-state index is 6.13. The third-order valence-corrected chi connectivity index (χ3v) is 3.72. The number of likely N-dealkylation sites (N-methyl/N-ethyl adjacent to an activating group) is 1. The van der Waals surface area contributed by atoms with Crippen LogP contribution in [0.2, 0.25) is 0 Å². The molecule has 1 aromatic rings. The van der Waals surface area contributed by atoms with Crippen LogP contribution in [0.5, 0.6) is 0 Å². The Labute approximate surface area is 102 Å². The van der Waals surface area contributed by atoms with Gasteiger partial charge in [-0.2, -0.15) is 0 Å². The molecule has 3 nitrogen and oxygen atoms in total. The van der Waals surface area contributed by atoms with E-state index < -0.39 is 0 Å². The zero-order valence-electron chi connectivity index (χ0n) is 10.3. The minimum atomic E-state index is 0.100. The highest BCUT2D eigenvalue weighted by Gasteiger charge is 2.37. The van der Waals surface area contributed by atoms with Crippen LogP contribution in [0, 0.1) is 0 Å². The lowest BCUT2D eigenvalue weighted by atomic mass is 10.0. The molecule has 0 saturated heterocycles. The smallest absolute Gasteiger partial charge is 0.130 e. The first-order valence-corrected chi connectivity index (χ1v) is 6.30. The number of nitrogens with zero attached hydrogens (tertiary/aromatic N) is 2. The second-order valence-electron chi connectivity index (χ2n) is 5.36. The normalized spacial score (nSPS) is 21.5. The molecule has 0 spiro atoms. The van der Waals surface area contributed by atoms with Crippen molar-refractivity contribution in [2.24, 2.45) is 10.7 Å². The van der Waals surface area contributed by atoms with E-state index in [0.29, 0.717) is 0 Å². The van der Waals surface area contributed by atoms with Crippen LogP contribution in [0.3, 0.4) is 0 Å². The molecule has 1 saturated carbocycles. The summed E-state index contributed by atoms with van der Waals surface area (Å²) in [6.45, 7) is 1.95. The van der Waals surface area contributed by atoms with Crippen LogP contribution in [0.4, 0.5) is 0 Å². The Morgan fingerprint density at radius 2 is 2.00 bits per heavy atom. The zero-order chi connectivity index (χ0) is 11.9. The molecule has 90 valence electrons. The Bertz CT molecular complexity index is 443. The van der Waals surface area contributed by atoms with Crippen LogP contribution in [0.25, 0.3) is 0 Å². The highest BCUT2D eigenvalue weighted by Crippen LogP contribution is 2.35. The predicted octanol–water partition coefficient (Wildman–Crippen LogP) is 1.41. The summed E-state index contributed by atoms with van der Waals surface area (Å²) in [5, 5.41) is 0. The monoisotopic (exact) mass is 229 g/mol. The number of hydrogen-bond acceptors (Lipinski definition) is 3. The first-order valence-electron chi connectivity index (χ1n) is 6.30. The third kappa shape index (κ3) is 2.20. The molecule has 0 atom stereocenters. The molecule has 2 N–H and O–H groups in total. The standard InChI is InChI=1S/C14H19N3/c1-17-9-8-16-13(17)12-4-2-11(3-5-12)10-14(15)6-7-14/h2-5H,6-10,15H2,1H3. The molecule has 3 rings (SSSR count). The van der Waals surface area contributed by atoms with Gasteiger partial charge in [0.15, 0.2) is 0 Å². The lowest BCUT2D eigenvalue weighted by molar-refractivity contribution is 0.557. The van der Waals surface area contributed by atoms with E-state index in [4.69, 9.17) is 5.73 Å². The van der Waals surface area contributed by atoms with Gasteiger partial charge in [0.1, 0.15) is 5.84 Å². The van der Waals surface area contributed by atoms with Gasteiger partial charge in [0.25, 0.3) is 0 Å². The lowest BCUT2D eigenvalue weighted by Crippen LogP contribution is -2.25. The van der Waals surface area contributed by atoms with E-state index in [1.165, 1.54) is 24.0 Å². The van der Waals surface area contributed by atoms with Gasteiger partial charge in [-0.3, -0.25) is 4.99 Å². The number of amidine groups is 1. The Hall–Kier alpha value is -1.35. The molecule has 3 heteroatoms. The summed E-state index contributed by atoms with van der Waals surface area (Å²) in [4.78, 5) is 6.73. The van der Waals surface area contributed by atoms with Crippen molar-refractivity contribution >= 4 is 5.84 Å². The van der Waals surface area contributed by atoms with E-state index in [1.54, 1.807) is 0 Å². The second kappa shape index (κ2) is 3.84. The van der Waals surface area contributed by atoms with E-state index in [1.807, 2.05) is 0 Å². The Morgan fingerprint density at radius 3 is 2.53 bits per heavy atom. The van der Waals surface area contributed by atoms with E-state index in [0.717, 1.165) is 25.3 Å². The largest absolute Gasteiger partial charge is 0.358 e. The molecule has 0 amide bonds. The molecular weight excluding hydrogens is 210 g/mol. The molecule has 1 fully saturated rings. The highest BCUT2D eigenvalue weighted by molar-refractivity contribution is 5.99. The Balaban J connectivity index is 1.75. The van der Waals surface area contributed by atoms with Crippen molar-refractivity contribution in [3.8, 4) is 0 Å². The molecule has 1 aromatic carbocycles. The number of hydrogen-bond donors (Lipinski definition) is 1. The second-order valence-corrected chi connectivity index (χ2v) is 5.36. The summed E-state index contributed by atoms with van der Waals surface area (Å²) >= 11 is 0. The van der Waals surface area contributed by atoms with Gasteiger partial charge >= 0.3 is 0 Å². The predicted molar refractivity (Wildman–Crippen MR) is 70.3 cm³/mol. The molecule has 0 bridgehead atoms. The Morgan fingerprint density at radius 1 is 1.29 bits per heavy atom. The zero-order valence-corrected chi connectivity index (χ0v) is 10.3. The SMILES string of the molecule is CN1CCN=C1c1ccc(CC2(N)CC2)cc1. The van der Waals surface area contributed by atoms with Crippen molar-refractivity contribution in [3.63, 3.8) is 0 Å². The molecule has 0 unspecified atom stereocenters. The van der Waals surface area contributed by atoms with Crippen LogP contribution < -0.4 is 5.73 Å². The lowest BCUT2D eigenvalue weighted by Gasteiger charge is -2.14. The van der Waals surface area contributed by atoms with Crippen LogP contribution in [0.15, 0.2) is 29.3 Å². The van der Waals surface area contributed by atoms with Gasteiger partial charge in [0.05, 0.1) is 6.54 Å². The number of benzene rings is 1. The van der Waals surface area contributed by atoms with Crippen molar-refractivity contribution in [2.75, 3.05) is 20.1 Å². The maximum atomic E-state index is 6.13. The van der Waals surface area contributed by atoms with E-state index in [2.05, 4.69) is 41.2 Å². The van der Waals surface area contributed by atoms with Crippen molar-refractivity contribution in [2.45, 2.75) is 24.8 Å². The van der Waals surface area contributed by atoms with Crippen LogP contribution in [-0.4, -0.2) is 36.4 Å². The molecule has 0 radical (unpaired) electrons. The summed E-state index contributed by atoms with van der Waals surface area (Å²) < 4.78 is 0. The Kier molecular flexibility index (Phi) is 2.44. The van der Waals surface area contributed by atoms with E-state index in [-0.39, 0.29) is 5.54 Å². The summed E-state index contributed by atoms with van der Waals surface area (Å²) in [6.07, 6.45) is 3.35. The average Bonchev–Trinajstić information content (AvgIpc) is 2.87. The topological polar surface area (TPSA) is 41.6 Å². The number of rotatable bonds is 3. The first-order chi connectivity index (χ1) is 8.16. The van der Waals surface area contributed by atoms with Crippen molar-refractivity contribution in [1.29, 1.82) is 0 Å². The quantitative estimate of drug-likeness (QED) is 0.851. The fraction of sp³-hybridized carbons (Fsp3) is 0.500. The molecule has 1 heterocycles. The van der Waals surface area contributed by atoms with Gasteiger partial charge in [-0.1, -0.05) is 24.3 Å². The van der Waals surface area contributed by atoms with Crippen LogP contribution >= 0.6 is 0 Å². The van der Waals surface area contributed by atoms with E-state index >= 15 is 0 Å². The van der Waals surface area contributed by atoms with Gasteiger partial charge in [0.2, 0.25) is 0 Å². The number of aliphatic imine (C=N–C) groups is 1. The minimum absolute atomic E-state index is 0.100. The third-order valence-electron chi connectivity index (χ3n) is 3.72. The van der Waals surface area contributed by atoms with Gasteiger partial charge in [0, 0.05) is 24.7 Å². The van der Waals surface area contributed by atoms with Crippen LogP contribution in [-0.2, 0) is 6.42 Å².